The van der Waals surface area contributed by atoms with Gasteiger partial charge in [-0.3, -0.25) is 9.59 Å². The van der Waals surface area contributed by atoms with Gasteiger partial charge in [0.2, 0.25) is 0 Å². The average Bonchev–Trinajstić information content (AvgIpc) is 2.61. The number of hydrogen-bond acceptors (Lipinski definition) is 5. The van der Waals surface area contributed by atoms with Crippen molar-refractivity contribution >= 4 is 23.7 Å². The normalized spacial score (nSPS) is 16.4. The molecular formula is C20H28N2O5. The van der Waals surface area contributed by atoms with Crippen molar-refractivity contribution in [2.45, 2.75) is 52.2 Å². The summed E-state index contributed by atoms with van der Waals surface area (Å²) < 4.78 is 10.7. The Balaban J connectivity index is 1.78. The number of hydrogen-bond donors (Lipinski definition) is 1. The predicted octanol–water partition coefficient (Wildman–Crippen LogP) is 3.20. The van der Waals surface area contributed by atoms with Crippen molar-refractivity contribution in [3.8, 4) is 0 Å². The molecule has 1 unspecified atom stereocenters. The highest BCUT2D eigenvalue weighted by atomic mass is 16.6. The van der Waals surface area contributed by atoms with Crippen LogP contribution in [-0.4, -0.2) is 47.7 Å². The second kappa shape index (κ2) is 8.88. The smallest absolute Gasteiger partial charge is 0.410 e. The Hall–Kier alpha value is -2.57. The Morgan fingerprint density at radius 1 is 1.11 bits per heavy atom. The molecule has 148 valence electrons. The van der Waals surface area contributed by atoms with Gasteiger partial charge in [-0.2, -0.15) is 0 Å². The molecule has 1 fully saturated rings. The third-order valence-electron chi connectivity index (χ3n) is 4.18. The molecule has 0 aromatic heterocycles. The summed E-state index contributed by atoms with van der Waals surface area (Å²) in [6, 6.07) is 9.00. The summed E-state index contributed by atoms with van der Waals surface area (Å²) in [7, 11) is 0. The van der Waals surface area contributed by atoms with Gasteiger partial charge < -0.3 is 19.7 Å². The number of likely N-dealkylation sites (tertiary alicyclic amines) is 1. The number of nitrogens with zero attached hydrogens (tertiary/aromatic N) is 1. The van der Waals surface area contributed by atoms with E-state index in [1.165, 1.54) is 0 Å². The summed E-state index contributed by atoms with van der Waals surface area (Å²) in [4.78, 5) is 38.1. The van der Waals surface area contributed by atoms with Crippen LogP contribution in [0.15, 0.2) is 30.3 Å². The number of anilines is 1. The van der Waals surface area contributed by atoms with Gasteiger partial charge >= 0.3 is 12.1 Å². The second-order valence-corrected chi connectivity index (χ2v) is 7.68. The predicted molar refractivity (Wildman–Crippen MR) is 101 cm³/mol. The van der Waals surface area contributed by atoms with Crippen molar-refractivity contribution in [2.24, 2.45) is 5.92 Å². The molecule has 0 saturated carbocycles. The quantitative estimate of drug-likeness (QED) is 0.816. The second-order valence-electron chi connectivity index (χ2n) is 7.68. The molecule has 1 saturated heterocycles. The Kier molecular flexibility index (Phi) is 6.82. The maximum absolute atomic E-state index is 12.3. The van der Waals surface area contributed by atoms with E-state index in [2.05, 4.69) is 5.32 Å². The highest BCUT2D eigenvalue weighted by molar-refractivity contribution is 5.95. The van der Waals surface area contributed by atoms with Crippen LogP contribution in [-0.2, 0) is 19.1 Å². The number of benzene rings is 1. The number of carbonyl (C=O) groups is 3. The number of carbonyl (C=O) groups excluding carboxylic acids is 3. The minimum absolute atomic E-state index is 0.323. The molecule has 1 aromatic rings. The third-order valence-corrected chi connectivity index (χ3v) is 4.18. The summed E-state index contributed by atoms with van der Waals surface area (Å²) in [5, 5.41) is 2.71. The van der Waals surface area contributed by atoms with Gasteiger partial charge in [0, 0.05) is 18.8 Å². The summed E-state index contributed by atoms with van der Waals surface area (Å²) >= 11 is 0. The lowest BCUT2D eigenvalue weighted by atomic mass is 9.97. The van der Waals surface area contributed by atoms with Crippen molar-refractivity contribution in [2.75, 3.05) is 18.4 Å². The van der Waals surface area contributed by atoms with Crippen LogP contribution in [0.1, 0.15) is 40.5 Å². The van der Waals surface area contributed by atoms with E-state index in [1.807, 2.05) is 39.0 Å². The first kappa shape index (κ1) is 20.7. The van der Waals surface area contributed by atoms with Crippen LogP contribution in [0.3, 0.4) is 0 Å². The number of esters is 1. The van der Waals surface area contributed by atoms with E-state index < -0.39 is 17.7 Å². The zero-order valence-electron chi connectivity index (χ0n) is 16.4. The van der Waals surface area contributed by atoms with Gasteiger partial charge in [-0.25, -0.2) is 4.79 Å². The Morgan fingerprint density at radius 2 is 1.70 bits per heavy atom. The topological polar surface area (TPSA) is 84.9 Å². The molecule has 1 heterocycles. The van der Waals surface area contributed by atoms with Gasteiger partial charge in [0.1, 0.15) is 5.60 Å². The molecule has 7 heteroatoms. The van der Waals surface area contributed by atoms with Crippen molar-refractivity contribution in [3.63, 3.8) is 0 Å². The highest BCUT2D eigenvalue weighted by Crippen LogP contribution is 2.21. The Bertz CT molecular complexity index is 661. The minimum Gasteiger partial charge on any atom is -0.452 e. The number of amides is 2. The van der Waals surface area contributed by atoms with Gasteiger partial charge in [0.25, 0.3) is 5.91 Å². The first-order valence-electron chi connectivity index (χ1n) is 9.20. The molecule has 0 radical (unpaired) electrons. The molecule has 27 heavy (non-hydrogen) atoms. The van der Waals surface area contributed by atoms with Crippen LogP contribution in [0, 0.1) is 5.92 Å². The fourth-order valence-corrected chi connectivity index (χ4v) is 2.71. The molecule has 1 atom stereocenters. The summed E-state index contributed by atoms with van der Waals surface area (Å²) in [6.07, 6.45) is -0.276. The van der Waals surface area contributed by atoms with Crippen LogP contribution >= 0.6 is 0 Å². The van der Waals surface area contributed by atoms with Crippen molar-refractivity contribution in [3.05, 3.63) is 30.3 Å². The number of piperidine rings is 1. The van der Waals surface area contributed by atoms with Crippen LogP contribution in [0.25, 0.3) is 0 Å². The SMILES string of the molecule is CC(OC(=O)C1CCN(C(=O)OC(C)(C)C)CC1)C(=O)Nc1ccccc1. The molecule has 7 nitrogen and oxygen atoms in total. The summed E-state index contributed by atoms with van der Waals surface area (Å²) in [6.45, 7) is 7.86. The monoisotopic (exact) mass is 376 g/mol. The van der Waals surface area contributed by atoms with E-state index in [1.54, 1.807) is 24.0 Å². The van der Waals surface area contributed by atoms with E-state index >= 15 is 0 Å². The lowest BCUT2D eigenvalue weighted by Crippen LogP contribution is -2.43. The number of rotatable bonds is 4. The molecule has 2 amide bonds. The first-order valence-corrected chi connectivity index (χ1v) is 9.20. The zero-order chi connectivity index (χ0) is 20.0. The van der Waals surface area contributed by atoms with Gasteiger partial charge in [-0.05, 0) is 52.7 Å². The fraction of sp³-hybridized carbons (Fsp3) is 0.550. The van der Waals surface area contributed by atoms with Gasteiger partial charge in [0.05, 0.1) is 5.92 Å². The van der Waals surface area contributed by atoms with E-state index in [0.29, 0.717) is 31.6 Å². The van der Waals surface area contributed by atoms with Crippen molar-refractivity contribution in [1.29, 1.82) is 0 Å². The average molecular weight is 376 g/mol. The maximum Gasteiger partial charge on any atom is 0.410 e. The standard InChI is InChI=1S/C20H28N2O5/c1-14(17(23)21-16-8-6-5-7-9-16)26-18(24)15-10-12-22(13-11-15)19(25)27-20(2,3)4/h5-9,14-15H,10-13H2,1-4H3,(H,21,23). The fourth-order valence-electron chi connectivity index (χ4n) is 2.71. The van der Waals surface area contributed by atoms with E-state index in [0.717, 1.165) is 0 Å². The molecule has 2 rings (SSSR count). The van der Waals surface area contributed by atoms with Gasteiger partial charge in [-0.1, -0.05) is 18.2 Å². The Morgan fingerprint density at radius 3 is 2.26 bits per heavy atom. The highest BCUT2D eigenvalue weighted by Gasteiger charge is 2.32. The molecular weight excluding hydrogens is 348 g/mol. The van der Waals surface area contributed by atoms with Gasteiger partial charge in [-0.15, -0.1) is 0 Å². The summed E-state index contributed by atoms with van der Waals surface area (Å²) in [5.41, 5.74) is 0.102. The van der Waals surface area contributed by atoms with Crippen LogP contribution in [0.4, 0.5) is 10.5 Å². The number of ether oxygens (including phenoxy) is 2. The molecule has 1 N–H and O–H groups in total. The largest absolute Gasteiger partial charge is 0.452 e. The lowest BCUT2D eigenvalue weighted by molar-refractivity contribution is -0.158. The molecule has 0 bridgehead atoms. The van der Waals surface area contributed by atoms with Crippen molar-refractivity contribution in [1.82, 2.24) is 4.90 Å². The number of nitrogens with one attached hydrogen (secondary N) is 1. The third kappa shape index (κ3) is 6.58. The molecule has 0 aliphatic carbocycles. The molecule has 0 spiro atoms. The molecule has 1 aliphatic rings. The van der Waals surface area contributed by atoms with Crippen LogP contribution < -0.4 is 5.32 Å². The first-order chi connectivity index (χ1) is 12.7. The van der Waals surface area contributed by atoms with E-state index in [4.69, 9.17) is 9.47 Å². The van der Waals surface area contributed by atoms with Crippen molar-refractivity contribution < 1.29 is 23.9 Å². The van der Waals surface area contributed by atoms with Crippen LogP contribution in [0.5, 0.6) is 0 Å². The number of para-hydroxylation sites is 1. The maximum atomic E-state index is 12.3. The van der Waals surface area contributed by atoms with E-state index in [-0.39, 0.29) is 17.9 Å². The zero-order valence-corrected chi connectivity index (χ0v) is 16.4. The van der Waals surface area contributed by atoms with E-state index in [9.17, 15) is 14.4 Å². The lowest BCUT2D eigenvalue weighted by Gasteiger charge is -2.32. The van der Waals surface area contributed by atoms with Gasteiger partial charge in [0.15, 0.2) is 6.10 Å². The Labute approximate surface area is 160 Å². The molecule has 1 aliphatic heterocycles. The minimum atomic E-state index is -0.887. The summed E-state index contributed by atoms with van der Waals surface area (Å²) in [5.74, 6) is -1.11. The van der Waals surface area contributed by atoms with Crippen LogP contribution in [0.2, 0.25) is 0 Å². The molecule has 1 aromatic carbocycles.